The van der Waals surface area contributed by atoms with Gasteiger partial charge in [0.2, 0.25) is 0 Å². The Hall–Kier alpha value is -2.80. The van der Waals surface area contributed by atoms with Crippen LogP contribution in [0.5, 0.6) is 5.75 Å². The minimum atomic E-state index is -0.589. The monoisotopic (exact) mass is 470 g/mol. The first-order valence-electron chi connectivity index (χ1n) is 10.0. The number of anilines is 2. The zero-order chi connectivity index (χ0) is 21.1. The largest absolute Gasteiger partial charge is 0.496 e. The van der Waals surface area contributed by atoms with Gasteiger partial charge >= 0.3 is 5.63 Å². The lowest BCUT2D eigenvalue weighted by atomic mass is 9.95. The van der Waals surface area contributed by atoms with Gasteiger partial charge in [-0.05, 0) is 43.2 Å². The standard InChI is InChI=1S/C23H23BrN2O4/c1-29-18-12-11-14(24)13-17(18)22(27)26-21-20(25-15-7-3-2-4-8-15)16-9-5-6-10-19(16)30-23(21)28/h5-6,9-13,15,25H,2-4,7-8H2,1H3,(H,26,27). The highest BCUT2D eigenvalue weighted by Crippen LogP contribution is 2.33. The van der Waals surface area contributed by atoms with Gasteiger partial charge in [0.25, 0.3) is 5.91 Å². The fraction of sp³-hybridized carbons (Fsp3) is 0.304. The minimum Gasteiger partial charge on any atom is -0.496 e. The Bertz CT molecular complexity index is 1140. The molecule has 0 atom stereocenters. The molecule has 6 nitrogen and oxygen atoms in total. The van der Waals surface area contributed by atoms with E-state index in [-0.39, 0.29) is 11.7 Å². The van der Waals surface area contributed by atoms with Crippen molar-refractivity contribution in [2.24, 2.45) is 0 Å². The van der Waals surface area contributed by atoms with Crippen LogP contribution in [0.4, 0.5) is 11.4 Å². The molecule has 1 aliphatic carbocycles. The quantitative estimate of drug-likeness (QED) is 0.477. The molecule has 0 saturated heterocycles. The summed E-state index contributed by atoms with van der Waals surface area (Å²) < 4.78 is 11.5. The maximum absolute atomic E-state index is 13.1. The summed E-state index contributed by atoms with van der Waals surface area (Å²) in [5.74, 6) is -0.0231. The summed E-state index contributed by atoms with van der Waals surface area (Å²) in [5, 5.41) is 7.05. The average Bonchev–Trinajstić information content (AvgIpc) is 2.76. The smallest absolute Gasteiger partial charge is 0.362 e. The molecule has 2 aromatic carbocycles. The second-order valence-corrected chi connectivity index (χ2v) is 8.33. The average molecular weight is 471 g/mol. The molecule has 156 valence electrons. The van der Waals surface area contributed by atoms with E-state index >= 15 is 0 Å². The van der Waals surface area contributed by atoms with Gasteiger partial charge in [0.05, 0.1) is 18.4 Å². The molecular formula is C23H23BrN2O4. The molecule has 0 aliphatic heterocycles. The SMILES string of the molecule is COc1ccc(Br)cc1C(=O)Nc1c(NC2CCCCC2)c2ccccc2oc1=O. The molecule has 3 aromatic rings. The molecule has 0 unspecified atom stereocenters. The van der Waals surface area contributed by atoms with Crippen LogP contribution in [0.15, 0.2) is 56.1 Å². The highest BCUT2D eigenvalue weighted by Gasteiger charge is 2.22. The summed E-state index contributed by atoms with van der Waals surface area (Å²) >= 11 is 3.38. The summed E-state index contributed by atoms with van der Waals surface area (Å²) in [7, 11) is 1.50. The summed E-state index contributed by atoms with van der Waals surface area (Å²) in [4.78, 5) is 25.9. The Balaban J connectivity index is 1.77. The number of nitrogens with one attached hydrogen (secondary N) is 2. The zero-order valence-electron chi connectivity index (χ0n) is 16.7. The third-order valence-electron chi connectivity index (χ3n) is 5.41. The molecule has 0 spiro atoms. The van der Waals surface area contributed by atoms with Crippen molar-refractivity contribution in [3.63, 3.8) is 0 Å². The predicted molar refractivity (Wildman–Crippen MR) is 122 cm³/mol. The van der Waals surface area contributed by atoms with E-state index in [4.69, 9.17) is 9.15 Å². The molecule has 2 N–H and O–H groups in total. The van der Waals surface area contributed by atoms with E-state index in [9.17, 15) is 9.59 Å². The van der Waals surface area contributed by atoms with E-state index in [2.05, 4.69) is 26.6 Å². The number of halogens is 1. The number of ether oxygens (including phenoxy) is 1. The highest BCUT2D eigenvalue weighted by atomic mass is 79.9. The van der Waals surface area contributed by atoms with Crippen molar-refractivity contribution in [3.05, 3.63) is 62.9 Å². The van der Waals surface area contributed by atoms with Gasteiger partial charge in [-0.1, -0.05) is 47.3 Å². The van der Waals surface area contributed by atoms with Gasteiger partial charge in [-0.25, -0.2) is 4.79 Å². The van der Waals surface area contributed by atoms with Crippen molar-refractivity contribution in [2.45, 2.75) is 38.1 Å². The first kappa shape index (κ1) is 20.5. The van der Waals surface area contributed by atoms with Crippen molar-refractivity contribution < 1.29 is 13.9 Å². The van der Waals surface area contributed by atoms with E-state index in [0.29, 0.717) is 22.6 Å². The van der Waals surface area contributed by atoms with E-state index in [1.807, 2.05) is 18.2 Å². The Kier molecular flexibility index (Phi) is 6.08. The van der Waals surface area contributed by atoms with Crippen molar-refractivity contribution in [2.75, 3.05) is 17.7 Å². The number of amides is 1. The molecule has 30 heavy (non-hydrogen) atoms. The minimum absolute atomic E-state index is 0.117. The lowest BCUT2D eigenvalue weighted by Gasteiger charge is -2.25. The van der Waals surface area contributed by atoms with Crippen LogP contribution in [0.2, 0.25) is 0 Å². The van der Waals surface area contributed by atoms with Gasteiger partial charge in [-0.2, -0.15) is 0 Å². The lowest BCUT2D eigenvalue weighted by Crippen LogP contribution is -2.26. The number of hydrogen-bond acceptors (Lipinski definition) is 5. The summed E-state index contributed by atoms with van der Waals surface area (Å²) in [6.07, 6.45) is 5.58. The topological polar surface area (TPSA) is 80.6 Å². The van der Waals surface area contributed by atoms with Crippen LogP contribution in [0.3, 0.4) is 0 Å². The van der Waals surface area contributed by atoms with Gasteiger partial charge in [-0.15, -0.1) is 0 Å². The van der Waals surface area contributed by atoms with Crippen molar-refractivity contribution in [3.8, 4) is 5.75 Å². The van der Waals surface area contributed by atoms with Gasteiger partial charge < -0.3 is 19.8 Å². The third-order valence-corrected chi connectivity index (χ3v) is 5.90. The molecule has 1 aromatic heterocycles. The number of fused-ring (bicyclic) bond motifs is 1. The van der Waals surface area contributed by atoms with E-state index < -0.39 is 11.5 Å². The van der Waals surface area contributed by atoms with Gasteiger partial charge in [0.1, 0.15) is 11.3 Å². The van der Waals surface area contributed by atoms with E-state index in [0.717, 1.165) is 35.5 Å². The van der Waals surface area contributed by atoms with Crippen molar-refractivity contribution in [1.82, 2.24) is 0 Å². The number of carbonyl (C=O) groups is 1. The molecule has 0 radical (unpaired) electrons. The van der Waals surface area contributed by atoms with Crippen molar-refractivity contribution >= 4 is 44.2 Å². The Morgan fingerprint density at radius 3 is 2.63 bits per heavy atom. The Morgan fingerprint density at radius 2 is 1.87 bits per heavy atom. The van der Waals surface area contributed by atoms with Gasteiger partial charge in [0.15, 0.2) is 5.69 Å². The van der Waals surface area contributed by atoms with Crippen LogP contribution in [0.1, 0.15) is 42.5 Å². The first-order valence-corrected chi connectivity index (χ1v) is 10.8. The molecule has 4 rings (SSSR count). The molecule has 1 saturated carbocycles. The maximum atomic E-state index is 13.1. The highest BCUT2D eigenvalue weighted by molar-refractivity contribution is 9.10. The number of methoxy groups -OCH3 is 1. The molecule has 0 bridgehead atoms. The summed E-state index contributed by atoms with van der Waals surface area (Å²) in [5.41, 5.74) is 0.943. The fourth-order valence-corrected chi connectivity index (χ4v) is 4.26. The molecule has 1 fully saturated rings. The second-order valence-electron chi connectivity index (χ2n) is 7.41. The van der Waals surface area contributed by atoms with Crippen LogP contribution in [0.25, 0.3) is 11.0 Å². The Morgan fingerprint density at radius 1 is 1.10 bits per heavy atom. The summed E-state index contributed by atoms with van der Waals surface area (Å²) in [6.45, 7) is 0. The Labute approximate surface area is 182 Å². The number of rotatable bonds is 5. The second kappa shape index (κ2) is 8.92. The van der Waals surface area contributed by atoms with Crippen LogP contribution in [-0.4, -0.2) is 19.1 Å². The zero-order valence-corrected chi connectivity index (χ0v) is 18.3. The van der Waals surface area contributed by atoms with Gasteiger partial charge in [0, 0.05) is 15.9 Å². The van der Waals surface area contributed by atoms with Crippen LogP contribution < -0.4 is 21.0 Å². The molecule has 7 heteroatoms. The number of benzene rings is 2. The summed E-state index contributed by atoms with van der Waals surface area (Å²) in [6, 6.07) is 12.7. The molecular weight excluding hydrogens is 448 g/mol. The lowest BCUT2D eigenvalue weighted by molar-refractivity contribution is 0.102. The molecule has 1 aliphatic rings. The van der Waals surface area contributed by atoms with E-state index in [1.54, 1.807) is 24.3 Å². The molecule has 1 amide bonds. The fourth-order valence-electron chi connectivity index (χ4n) is 3.90. The number of hydrogen-bond donors (Lipinski definition) is 2. The van der Waals surface area contributed by atoms with Crippen LogP contribution in [-0.2, 0) is 0 Å². The van der Waals surface area contributed by atoms with Crippen LogP contribution in [0, 0.1) is 0 Å². The predicted octanol–water partition coefficient (Wildman–Crippen LogP) is 5.56. The number of para-hydroxylation sites is 1. The first-order chi connectivity index (χ1) is 14.6. The van der Waals surface area contributed by atoms with Crippen molar-refractivity contribution in [1.29, 1.82) is 0 Å². The van der Waals surface area contributed by atoms with E-state index in [1.165, 1.54) is 13.5 Å². The number of carbonyl (C=O) groups excluding carboxylic acids is 1. The molecule has 1 heterocycles. The maximum Gasteiger partial charge on any atom is 0.362 e. The third kappa shape index (κ3) is 4.21. The normalized spacial score (nSPS) is 14.5. The van der Waals surface area contributed by atoms with Crippen LogP contribution >= 0.6 is 15.9 Å². The van der Waals surface area contributed by atoms with Gasteiger partial charge in [-0.3, -0.25) is 4.79 Å².